The summed E-state index contributed by atoms with van der Waals surface area (Å²) in [6.45, 7) is 2.06. The van der Waals surface area contributed by atoms with Crippen LogP contribution >= 0.6 is 0 Å². The molecular formula is C18H24F2N2O4. The molecule has 1 atom stereocenters. The van der Waals surface area contributed by atoms with Crippen LogP contribution in [0.15, 0.2) is 24.3 Å². The van der Waals surface area contributed by atoms with Crippen molar-refractivity contribution in [1.29, 1.82) is 0 Å². The van der Waals surface area contributed by atoms with Gasteiger partial charge < -0.3 is 19.7 Å². The van der Waals surface area contributed by atoms with Crippen LogP contribution in [0.5, 0.6) is 5.75 Å². The van der Waals surface area contributed by atoms with E-state index in [4.69, 9.17) is 4.74 Å². The summed E-state index contributed by atoms with van der Waals surface area (Å²) in [6.07, 6.45) is 1.17. The van der Waals surface area contributed by atoms with Gasteiger partial charge in [0, 0.05) is 13.1 Å². The van der Waals surface area contributed by atoms with Gasteiger partial charge in [-0.3, -0.25) is 4.79 Å². The molecule has 0 bridgehead atoms. The first-order valence-corrected chi connectivity index (χ1v) is 8.67. The number of nitrogens with one attached hydrogen (secondary N) is 1. The third-order valence-electron chi connectivity index (χ3n) is 4.35. The molecular weight excluding hydrogens is 346 g/mol. The summed E-state index contributed by atoms with van der Waals surface area (Å²) in [4.78, 5) is 25.8. The summed E-state index contributed by atoms with van der Waals surface area (Å²) in [5, 5.41) is 2.88. The van der Waals surface area contributed by atoms with Gasteiger partial charge in [0.25, 0.3) is 0 Å². The molecule has 1 saturated heterocycles. The molecule has 1 N–H and O–H groups in total. The fourth-order valence-electron chi connectivity index (χ4n) is 2.88. The van der Waals surface area contributed by atoms with Crippen LogP contribution in [0.25, 0.3) is 0 Å². The number of nitrogens with zero attached hydrogens (tertiary/aromatic N) is 1. The van der Waals surface area contributed by atoms with Crippen molar-refractivity contribution < 1.29 is 27.8 Å². The lowest BCUT2D eigenvalue weighted by molar-refractivity contribution is -0.149. The van der Waals surface area contributed by atoms with Crippen LogP contribution in [-0.2, 0) is 9.53 Å². The maximum atomic E-state index is 12.4. The Morgan fingerprint density at radius 1 is 1.23 bits per heavy atom. The van der Waals surface area contributed by atoms with Crippen LogP contribution in [-0.4, -0.2) is 43.2 Å². The monoisotopic (exact) mass is 370 g/mol. The largest absolute Gasteiger partial charge is 0.466 e. The number of piperidine rings is 1. The van der Waals surface area contributed by atoms with Gasteiger partial charge in [0.2, 0.25) is 0 Å². The van der Waals surface area contributed by atoms with Crippen LogP contribution in [0, 0.1) is 5.92 Å². The number of halogens is 2. The van der Waals surface area contributed by atoms with Gasteiger partial charge in [-0.1, -0.05) is 12.1 Å². The Morgan fingerprint density at radius 3 is 2.38 bits per heavy atom. The average molecular weight is 370 g/mol. The first-order valence-electron chi connectivity index (χ1n) is 8.67. The smallest absolute Gasteiger partial charge is 0.387 e. The van der Waals surface area contributed by atoms with Gasteiger partial charge in [-0.15, -0.1) is 0 Å². The number of hydrogen-bond donors (Lipinski definition) is 1. The molecule has 26 heavy (non-hydrogen) atoms. The molecule has 0 aliphatic carbocycles. The molecule has 0 spiro atoms. The van der Waals surface area contributed by atoms with Crippen molar-refractivity contribution in [3.63, 3.8) is 0 Å². The van der Waals surface area contributed by atoms with E-state index in [2.05, 4.69) is 10.1 Å². The third-order valence-corrected chi connectivity index (χ3v) is 4.35. The minimum atomic E-state index is -2.87. The molecule has 1 heterocycles. The fraction of sp³-hybridized carbons (Fsp3) is 0.556. The maximum Gasteiger partial charge on any atom is 0.387 e. The summed E-state index contributed by atoms with van der Waals surface area (Å²) >= 11 is 0. The van der Waals surface area contributed by atoms with E-state index in [1.807, 2.05) is 6.92 Å². The quantitative estimate of drug-likeness (QED) is 0.780. The Balaban J connectivity index is 1.83. The highest BCUT2D eigenvalue weighted by molar-refractivity contribution is 5.76. The van der Waals surface area contributed by atoms with E-state index in [9.17, 15) is 18.4 Å². The van der Waals surface area contributed by atoms with Crippen LogP contribution in [0.4, 0.5) is 13.6 Å². The molecule has 0 radical (unpaired) electrons. The van der Waals surface area contributed by atoms with E-state index < -0.39 is 6.61 Å². The SMILES string of the molecule is CCOC(=O)C1CCN(C(=O)NC(C)c2ccc(OC(F)F)cc2)CC1. The number of alkyl halides is 2. The van der Waals surface area contributed by atoms with E-state index in [-0.39, 0.29) is 29.7 Å². The number of likely N-dealkylation sites (tertiary alicyclic amines) is 1. The maximum absolute atomic E-state index is 12.4. The first-order chi connectivity index (χ1) is 12.4. The molecule has 144 valence electrons. The molecule has 1 unspecified atom stereocenters. The molecule has 2 amide bonds. The van der Waals surface area contributed by atoms with E-state index in [1.54, 1.807) is 24.0 Å². The van der Waals surface area contributed by atoms with Crippen LogP contribution < -0.4 is 10.1 Å². The molecule has 2 rings (SSSR count). The molecule has 0 aromatic heterocycles. The highest BCUT2D eigenvalue weighted by Gasteiger charge is 2.28. The van der Waals surface area contributed by atoms with Crippen LogP contribution in [0.2, 0.25) is 0 Å². The zero-order chi connectivity index (χ0) is 19.1. The number of amides is 2. The molecule has 1 aromatic carbocycles. The summed E-state index contributed by atoms with van der Waals surface area (Å²) in [5.74, 6) is -0.283. The van der Waals surface area contributed by atoms with Gasteiger partial charge in [-0.05, 0) is 44.4 Å². The molecule has 1 fully saturated rings. The summed E-state index contributed by atoms with van der Waals surface area (Å²) in [6, 6.07) is 5.65. The molecule has 0 saturated carbocycles. The zero-order valence-corrected chi connectivity index (χ0v) is 14.9. The topological polar surface area (TPSA) is 67.9 Å². The Bertz CT molecular complexity index is 602. The van der Waals surface area contributed by atoms with Crippen molar-refractivity contribution in [2.75, 3.05) is 19.7 Å². The Hall–Kier alpha value is -2.38. The number of urea groups is 1. The second kappa shape index (κ2) is 9.35. The lowest BCUT2D eigenvalue weighted by Gasteiger charge is -2.32. The number of carbonyl (C=O) groups excluding carboxylic acids is 2. The van der Waals surface area contributed by atoms with Crippen molar-refractivity contribution in [1.82, 2.24) is 10.2 Å². The first kappa shape index (κ1) is 19.9. The van der Waals surface area contributed by atoms with E-state index in [0.29, 0.717) is 32.5 Å². The summed E-state index contributed by atoms with van der Waals surface area (Å²) in [5.41, 5.74) is 0.779. The minimum Gasteiger partial charge on any atom is -0.466 e. The lowest BCUT2D eigenvalue weighted by atomic mass is 9.97. The number of hydrogen-bond acceptors (Lipinski definition) is 4. The van der Waals surface area contributed by atoms with Crippen LogP contribution in [0.3, 0.4) is 0 Å². The van der Waals surface area contributed by atoms with Gasteiger partial charge >= 0.3 is 18.6 Å². The Morgan fingerprint density at radius 2 is 1.85 bits per heavy atom. The summed E-state index contributed by atoms with van der Waals surface area (Å²) < 4.78 is 33.7. The number of rotatable bonds is 6. The molecule has 8 heteroatoms. The van der Waals surface area contributed by atoms with Crippen molar-refractivity contribution in [3.8, 4) is 5.75 Å². The normalized spacial score (nSPS) is 16.3. The van der Waals surface area contributed by atoms with Gasteiger partial charge in [0.1, 0.15) is 5.75 Å². The van der Waals surface area contributed by atoms with E-state index >= 15 is 0 Å². The molecule has 1 aliphatic rings. The third kappa shape index (κ3) is 5.57. The average Bonchev–Trinajstić information content (AvgIpc) is 2.62. The van der Waals surface area contributed by atoms with Crippen molar-refractivity contribution in [2.45, 2.75) is 39.3 Å². The minimum absolute atomic E-state index is 0.0725. The van der Waals surface area contributed by atoms with E-state index in [1.165, 1.54) is 12.1 Å². The highest BCUT2D eigenvalue weighted by Crippen LogP contribution is 2.21. The second-order valence-corrected chi connectivity index (χ2v) is 6.13. The molecule has 1 aromatic rings. The van der Waals surface area contributed by atoms with Gasteiger partial charge in [0.15, 0.2) is 0 Å². The Labute approximate surface area is 151 Å². The van der Waals surface area contributed by atoms with Crippen LogP contribution in [0.1, 0.15) is 38.3 Å². The fourth-order valence-corrected chi connectivity index (χ4v) is 2.88. The lowest BCUT2D eigenvalue weighted by Crippen LogP contribution is -2.46. The highest BCUT2D eigenvalue weighted by atomic mass is 19.3. The number of carbonyl (C=O) groups is 2. The standard InChI is InChI=1S/C18H24F2N2O4/c1-3-25-16(23)14-8-10-22(11-9-14)18(24)21-12(2)13-4-6-15(7-5-13)26-17(19)20/h4-7,12,14,17H,3,8-11H2,1-2H3,(H,21,24). The molecule has 6 nitrogen and oxygen atoms in total. The van der Waals surface area contributed by atoms with Gasteiger partial charge in [0.05, 0.1) is 18.6 Å². The van der Waals surface area contributed by atoms with Crippen molar-refractivity contribution >= 4 is 12.0 Å². The van der Waals surface area contributed by atoms with Crippen molar-refractivity contribution in [2.24, 2.45) is 5.92 Å². The van der Waals surface area contributed by atoms with Gasteiger partial charge in [-0.2, -0.15) is 8.78 Å². The molecule has 1 aliphatic heterocycles. The predicted octanol–water partition coefficient (Wildman–Crippen LogP) is 3.33. The number of esters is 1. The van der Waals surface area contributed by atoms with Crippen molar-refractivity contribution in [3.05, 3.63) is 29.8 Å². The Kier molecular flexibility index (Phi) is 7.17. The second-order valence-electron chi connectivity index (χ2n) is 6.13. The number of ether oxygens (including phenoxy) is 2. The van der Waals surface area contributed by atoms with Gasteiger partial charge in [-0.25, -0.2) is 4.79 Å². The predicted molar refractivity (Wildman–Crippen MR) is 91.0 cm³/mol. The zero-order valence-electron chi connectivity index (χ0n) is 14.9. The summed E-state index contributed by atoms with van der Waals surface area (Å²) in [7, 11) is 0. The number of benzene rings is 1. The van der Waals surface area contributed by atoms with E-state index in [0.717, 1.165) is 5.56 Å².